The van der Waals surface area contributed by atoms with Crippen LogP contribution in [-0.4, -0.2) is 163 Å². The quantitative estimate of drug-likeness (QED) is 0.0541. The molecule has 3 saturated heterocycles. The average molecular weight is 1000 g/mol. The lowest BCUT2D eigenvalue weighted by atomic mass is 9.74. The molecular weight excluding hydrogens is 939 g/mol. The molecule has 6 aliphatic rings. The number of nitrogens with two attached hydrogens (primary N) is 2. The van der Waals surface area contributed by atoms with Crippen molar-refractivity contribution in [2.75, 3.05) is 57.8 Å². The molecule has 22 nitrogen and oxygen atoms in total. The van der Waals surface area contributed by atoms with Crippen molar-refractivity contribution in [3.8, 4) is 11.5 Å². The van der Waals surface area contributed by atoms with Crippen molar-refractivity contribution < 1.29 is 73.5 Å². The van der Waals surface area contributed by atoms with Gasteiger partial charge in [0.25, 0.3) is 0 Å². The Morgan fingerprint density at radius 2 is 1.78 bits per heavy atom. The molecule has 2 bridgehead atoms. The number of nitrogens with zero attached hydrogens (tertiary/aromatic N) is 1. The summed E-state index contributed by atoms with van der Waals surface area (Å²) in [5.74, 6) is -3.96. The van der Waals surface area contributed by atoms with E-state index in [1.807, 2.05) is 35.2 Å². The van der Waals surface area contributed by atoms with Crippen LogP contribution in [0.5, 0.6) is 11.5 Å². The van der Waals surface area contributed by atoms with Crippen molar-refractivity contribution >= 4 is 29.4 Å². The van der Waals surface area contributed by atoms with Crippen molar-refractivity contribution in [2.24, 2.45) is 23.3 Å². The predicted molar refractivity (Wildman–Crippen MR) is 254 cm³/mol. The van der Waals surface area contributed by atoms with Gasteiger partial charge in [-0.05, 0) is 65.8 Å². The summed E-state index contributed by atoms with van der Waals surface area (Å²) in [6, 6.07) is 12.5. The summed E-state index contributed by atoms with van der Waals surface area (Å²) in [6.45, 7) is -1.66. The van der Waals surface area contributed by atoms with E-state index < -0.39 is 104 Å². The fourth-order valence-corrected chi connectivity index (χ4v) is 10.5. The molecule has 5 aliphatic heterocycles. The molecule has 72 heavy (non-hydrogen) atoms. The number of aldehydes is 1. The Morgan fingerprint density at radius 1 is 0.958 bits per heavy atom. The fraction of sp³-hybridized carbons (Fsp3) is 0.480. The number of dihydropyridines is 1. The zero-order valence-electron chi connectivity index (χ0n) is 39.2. The van der Waals surface area contributed by atoms with Crippen molar-refractivity contribution in [2.45, 2.75) is 87.1 Å². The lowest BCUT2D eigenvalue weighted by molar-refractivity contribution is -0.291. The molecule has 5 heterocycles. The second-order valence-corrected chi connectivity index (χ2v) is 18.7. The Balaban J connectivity index is 1.28. The van der Waals surface area contributed by atoms with Crippen molar-refractivity contribution in [1.82, 2.24) is 21.3 Å². The molecule has 1 aliphatic carbocycles. The van der Waals surface area contributed by atoms with Gasteiger partial charge in [0.05, 0.1) is 57.2 Å². The van der Waals surface area contributed by atoms with E-state index in [9.17, 15) is 40.2 Å². The average Bonchev–Trinajstić information content (AvgIpc) is 3.79. The van der Waals surface area contributed by atoms with E-state index in [0.717, 1.165) is 0 Å². The third kappa shape index (κ3) is 9.97. The predicted octanol–water partition coefficient (Wildman–Crippen LogP) is -1.99. The van der Waals surface area contributed by atoms with Crippen molar-refractivity contribution in [3.63, 3.8) is 0 Å². The fourth-order valence-electron chi connectivity index (χ4n) is 10.5. The molecule has 0 saturated carbocycles. The Kier molecular flexibility index (Phi) is 15.7. The molecule has 1 amide bonds. The van der Waals surface area contributed by atoms with E-state index in [4.69, 9.17) is 35.2 Å². The van der Waals surface area contributed by atoms with Gasteiger partial charge in [-0.3, -0.25) is 30.8 Å². The molecule has 14 N–H and O–H groups in total. The van der Waals surface area contributed by atoms with Gasteiger partial charge in [0.2, 0.25) is 12.2 Å². The number of hydrogen-bond acceptors (Lipinski definition) is 21. The Morgan fingerprint density at radius 3 is 2.54 bits per heavy atom. The van der Waals surface area contributed by atoms with E-state index in [1.165, 1.54) is 24.3 Å². The number of rotatable bonds is 16. The molecule has 0 aromatic heterocycles. The number of ether oxygens (including phenoxy) is 5. The largest absolute Gasteiger partial charge is 0.486 e. The molecule has 3 aromatic carbocycles. The summed E-state index contributed by atoms with van der Waals surface area (Å²) in [5.41, 5.74) is 14.4. The maximum Gasteiger partial charge on any atom is 0.242 e. The molecular formula is C50H61N7O15. The lowest BCUT2D eigenvalue weighted by Crippen LogP contribution is -2.70. The molecule has 0 radical (unpaired) electrons. The number of para-hydroxylation sites is 1. The van der Waals surface area contributed by atoms with Gasteiger partial charge in [0, 0.05) is 59.3 Å². The summed E-state index contributed by atoms with van der Waals surface area (Å²) < 4.78 is 32.8. The van der Waals surface area contributed by atoms with Crippen LogP contribution in [0.2, 0.25) is 0 Å². The molecule has 3 aromatic rings. The van der Waals surface area contributed by atoms with Gasteiger partial charge in [-0.15, -0.1) is 0 Å². The van der Waals surface area contributed by atoms with Gasteiger partial charge >= 0.3 is 0 Å². The number of allylic oxidation sites excluding steroid dienone is 1. The molecule has 9 rings (SSSR count). The summed E-state index contributed by atoms with van der Waals surface area (Å²) in [7, 11) is 0. The van der Waals surface area contributed by atoms with E-state index in [-0.39, 0.29) is 97.6 Å². The van der Waals surface area contributed by atoms with Gasteiger partial charge in [0.15, 0.2) is 23.1 Å². The molecule has 12 unspecified atom stereocenters. The molecule has 22 heteroatoms. The second kappa shape index (κ2) is 22.1. The van der Waals surface area contributed by atoms with Gasteiger partial charge in [-0.1, -0.05) is 30.3 Å². The minimum atomic E-state index is -1.71. The van der Waals surface area contributed by atoms with Crippen LogP contribution < -0.4 is 47.1 Å². The maximum absolute atomic E-state index is 15.1. The first-order valence-electron chi connectivity index (χ1n) is 24.1. The van der Waals surface area contributed by atoms with Crippen LogP contribution in [0, 0.1) is 11.8 Å². The number of amides is 1. The summed E-state index contributed by atoms with van der Waals surface area (Å²) in [6.07, 6.45) is -6.54. The van der Waals surface area contributed by atoms with E-state index in [2.05, 4.69) is 21.3 Å². The minimum Gasteiger partial charge on any atom is -0.486 e. The highest BCUT2D eigenvalue weighted by Crippen LogP contribution is 2.52. The lowest BCUT2D eigenvalue weighted by Gasteiger charge is -2.43. The van der Waals surface area contributed by atoms with E-state index >= 15 is 9.59 Å². The van der Waals surface area contributed by atoms with Crippen LogP contribution in [0.15, 0.2) is 72.1 Å². The Hall–Kier alpha value is -5.86. The number of anilines is 1. The highest BCUT2D eigenvalue weighted by Gasteiger charge is 2.50. The van der Waals surface area contributed by atoms with Gasteiger partial charge in [-0.25, -0.2) is 0 Å². The number of aliphatic hydroxyl groups excluding tert-OH is 6. The molecule has 3 fully saturated rings. The number of carbonyl (C=O) groups excluding carboxylic acids is 4. The Labute approximate surface area is 413 Å². The summed E-state index contributed by atoms with van der Waals surface area (Å²) in [4.78, 5) is 57.0. The highest BCUT2D eigenvalue weighted by atomic mass is 16.7. The molecule has 386 valence electrons. The second-order valence-electron chi connectivity index (χ2n) is 18.7. The maximum atomic E-state index is 15.1. The van der Waals surface area contributed by atoms with Crippen LogP contribution in [0.25, 0.3) is 0 Å². The van der Waals surface area contributed by atoms with Crippen LogP contribution in [0.4, 0.5) is 5.69 Å². The number of nitrogens with one attached hydrogen (secondary N) is 4. The summed E-state index contributed by atoms with van der Waals surface area (Å²) in [5, 5.41) is 78.0. The number of hydrogen-bond donors (Lipinski definition) is 12. The number of aliphatic hydroxyl groups is 6. The SMILES string of the molecule is NC1=CC(C(CO)COC2C3Oc4c(cc5c(c4OCC(O)CC=O)C(=O)c4cc(CO)ccc4C5=O)C(c4ccccc4N4CNC5C(=O)NC(N)NC54)C(CCCO)COCC(O3)C(O)C2O)=CCN1. The Bertz CT molecular complexity index is 2600. The first kappa shape index (κ1) is 51.1. The number of carbonyl (C=O) groups is 4. The third-order valence-electron chi connectivity index (χ3n) is 14.1. The van der Waals surface area contributed by atoms with Crippen molar-refractivity contribution in [1.29, 1.82) is 0 Å². The van der Waals surface area contributed by atoms with Crippen LogP contribution in [-0.2, 0) is 30.4 Å². The monoisotopic (exact) mass is 999 g/mol. The molecule has 0 spiro atoms. The van der Waals surface area contributed by atoms with Crippen LogP contribution >= 0.6 is 0 Å². The van der Waals surface area contributed by atoms with Gasteiger partial charge in [0.1, 0.15) is 55.8 Å². The minimum absolute atomic E-state index is 0.0430. The summed E-state index contributed by atoms with van der Waals surface area (Å²) >= 11 is 0. The van der Waals surface area contributed by atoms with Crippen LogP contribution in [0.1, 0.15) is 73.7 Å². The smallest absolute Gasteiger partial charge is 0.242 e. The van der Waals surface area contributed by atoms with E-state index in [0.29, 0.717) is 41.0 Å². The highest BCUT2D eigenvalue weighted by molar-refractivity contribution is 6.29. The zero-order chi connectivity index (χ0) is 50.8. The van der Waals surface area contributed by atoms with Crippen LogP contribution in [0.3, 0.4) is 0 Å². The first-order valence-corrected chi connectivity index (χ1v) is 24.1. The number of ketones is 2. The topological polar surface area (TPSA) is 339 Å². The normalized spacial score (nSPS) is 28.8. The number of fused-ring (bicyclic) bond motifs is 6. The van der Waals surface area contributed by atoms with Gasteiger partial charge in [-0.2, -0.15) is 0 Å². The molecule has 12 atom stereocenters. The number of benzene rings is 3. The third-order valence-corrected chi connectivity index (χ3v) is 14.1. The van der Waals surface area contributed by atoms with Gasteiger partial charge < -0.3 is 80.4 Å². The zero-order valence-corrected chi connectivity index (χ0v) is 39.2. The standard InChI is InChI=1S/C50H61N7O15/c51-36-15-25(9-11-53-36)27(18-61)20-69-46-43(66)42(65)35-22-68-19-26(4-3-12-58)37(30-5-1-2-6-34(30)57-23-54-39-47(57)55-50(52)56-48(39)67)33-16-32-38(41(64)31-14-24(17-60)7-8-29(31)40(32)63)45(44(33)72-49(46)71-35)70-21-28(62)10-13-59/h1-2,5-9,13-16,26-28,35,37,39,42-43,46-47,49-50,53-55,58,60-62,65-66H,3-4,10-12,17-23,51-52H2,(H,56,67). The van der Waals surface area contributed by atoms with Crippen molar-refractivity contribution in [3.05, 3.63) is 111 Å². The first-order chi connectivity index (χ1) is 34.8. The van der Waals surface area contributed by atoms with E-state index in [1.54, 1.807) is 6.08 Å².